The van der Waals surface area contributed by atoms with E-state index in [1.54, 1.807) is 0 Å². The van der Waals surface area contributed by atoms with Gasteiger partial charge in [-0.25, -0.2) is 9.97 Å². The molecule has 1 heterocycles. The van der Waals surface area contributed by atoms with Crippen LogP contribution in [-0.2, 0) is 0 Å². The first kappa shape index (κ1) is 10.3. The lowest BCUT2D eigenvalue weighted by Crippen LogP contribution is -2.34. The van der Waals surface area contributed by atoms with Gasteiger partial charge in [-0.2, -0.15) is 4.39 Å². The summed E-state index contributed by atoms with van der Waals surface area (Å²) in [6.07, 6.45) is 7.10. The van der Waals surface area contributed by atoms with Gasteiger partial charge >= 0.3 is 0 Å². The summed E-state index contributed by atoms with van der Waals surface area (Å²) in [6, 6.07) is 1.36. The second kappa shape index (κ2) is 4.13. The van der Waals surface area contributed by atoms with Crippen LogP contribution in [0.2, 0.25) is 0 Å². The summed E-state index contributed by atoms with van der Waals surface area (Å²) in [4.78, 5) is 7.48. The molecule has 1 aromatic heterocycles. The molecule has 0 aromatic carbocycles. The van der Waals surface area contributed by atoms with Gasteiger partial charge in [0.05, 0.1) is 0 Å². The monoisotopic (exact) mass is 209 g/mol. The average Bonchev–Trinajstić information content (AvgIpc) is 2.67. The molecule has 0 unspecified atom stereocenters. The summed E-state index contributed by atoms with van der Waals surface area (Å²) < 4.78 is 12.9. The first-order chi connectivity index (χ1) is 7.24. The van der Waals surface area contributed by atoms with Crippen LogP contribution in [0.5, 0.6) is 0 Å². The SMILES string of the molecule is CCC1(Nc2cc(F)ncn2)CCCC1. The van der Waals surface area contributed by atoms with Crippen molar-refractivity contribution in [2.75, 3.05) is 5.32 Å². The molecule has 1 aliphatic carbocycles. The zero-order valence-electron chi connectivity index (χ0n) is 8.96. The van der Waals surface area contributed by atoms with Crippen LogP contribution in [0.15, 0.2) is 12.4 Å². The molecule has 0 bridgehead atoms. The van der Waals surface area contributed by atoms with Crippen molar-refractivity contribution < 1.29 is 4.39 Å². The number of hydrogen-bond donors (Lipinski definition) is 1. The van der Waals surface area contributed by atoms with Crippen LogP contribution in [0.25, 0.3) is 0 Å². The highest BCUT2D eigenvalue weighted by molar-refractivity contribution is 5.36. The largest absolute Gasteiger partial charge is 0.364 e. The molecule has 0 radical (unpaired) electrons. The van der Waals surface area contributed by atoms with Crippen molar-refractivity contribution >= 4 is 5.82 Å². The lowest BCUT2D eigenvalue weighted by molar-refractivity contribution is 0.462. The van der Waals surface area contributed by atoms with Crippen molar-refractivity contribution in [3.8, 4) is 0 Å². The highest BCUT2D eigenvalue weighted by Crippen LogP contribution is 2.35. The number of halogens is 1. The van der Waals surface area contributed by atoms with Crippen molar-refractivity contribution in [3.63, 3.8) is 0 Å². The number of nitrogens with zero attached hydrogens (tertiary/aromatic N) is 2. The van der Waals surface area contributed by atoms with Crippen molar-refractivity contribution in [2.24, 2.45) is 0 Å². The number of rotatable bonds is 3. The van der Waals surface area contributed by atoms with Gasteiger partial charge in [-0.1, -0.05) is 19.8 Å². The van der Waals surface area contributed by atoms with Crippen LogP contribution >= 0.6 is 0 Å². The van der Waals surface area contributed by atoms with E-state index >= 15 is 0 Å². The number of nitrogens with one attached hydrogen (secondary N) is 1. The summed E-state index contributed by atoms with van der Waals surface area (Å²) in [6.45, 7) is 2.16. The van der Waals surface area contributed by atoms with E-state index < -0.39 is 5.95 Å². The molecule has 1 N–H and O–H groups in total. The Kier molecular flexibility index (Phi) is 2.84. The Morgan fingerprint density at radius 3 is 2.73 bits per heavy atom. The molecule has 1 aromatic rings. The van der Waals surface area contributed by atoms with Gasteiger partial charge < -0.3 is 5.32 Å². The van der Waals surface area contributed by atoms with E-state index in [2.05, 4.69) is 22.2 Å². The molecule has 15 heavy (non-hydrogen) atoms. The topological polar surface area (TPSA) is 37.8 Å². The molecule has 1 saturated carbocycles. The Bertz CT molecular complexity index is 334. The summed E-state index contributed by atoms with van der Waals surface area (Å²) in [5.74, 6) is 0.128. The predicted octanol–water partition coefficient (Wildman–Crippen LogP) is 2.75. The predicted molar refractivity (Wildman–Crippen MR) is 57.1 cm³/mol. The van der Waals surface area contributed by atoms with Gasteiger partial charge in [0.15, 0.2) is 0 Å². The van der Waals surface area contributed by atoms with E-state index in [0.29, 0.717) is 5.82 Å². The Morgan fingerprint density at radius 1 is 1.40 bits per heavy atom. The number of hydrogen-bond acceptors (Lipinski definition) is 3. The minimum absolute atomic E-state index is 0.126. The van der Waals surface area contributed by atoms with Gasteiger partial charge in [-0.3, -0.25) is 0 Å². The molecular formula is C11H16FN3. The third-order valence-electron chi connectivity index (χ3n) is 3.26. The van der Waals surface area contributed by atoms with Crippen molar-refractivity contribution in [2.45, 2.75) is 44.6 Å². The minimum atomic E-state index is -0.475. The maximum Gasteiger partial charge on any atom is 0.217 e. The van der Waals surface area contributed by atoms with Crippen LogP contribution in [0, 0.1) is 5.95 Å². The van der Waals surface area contributed by atoms with Gasteiger partial charge in [-0.15, -0.1) is 0 Å². The fourth-order valence-electron chi connectivity index (χ4n) is 2.29. The Morgan fingerprint density at radius 2 is 2.13 bits per heavy atom. The number of aromatic nitrogens is 2. The molecule has 82 valence electrons. The number of anilines is 1. The van der Waals surface area contributed by atoms with E-state index in [-0.39, 0.29) is 5.54 Å². The summed E-state index contributed by atoms with van der Waals surface area (Å²) in [5, 5.41) is 3.35. The van der Waals surface area contributed by atoms with Gasteiger partial charge in [0, 0.05) is 11.6 Å². The molecule has 0 atom stereocenters. The Balaban J connectivity index is 2.12. The summed E-state index contributed by atoms with van der Waals surface area (Å²) in [5.41, 5.74) is 0.126. The quantitative estimate of drug-likeness (QED) is 0.778. The molecule has 1 fully saturated rings. The minimum Gasteiger partial charge on any atom is -0.364 e. The third kappa shape index (κ3) is 2.25. The normalized spacial score (nSPS) is 19.1. The van der Waals surface area contributed by atoms with E-state index in [1.807, 2.05) is 0 Å². The average molecular weight is 209 g/mol. The standard InChI is InChI=1S/C11H16FN3/c1-2-11(5-3-4-6-11)15-10-7-9(12)13-8-14-10/h7-8H,2-6H2,1H3,(H,13,14,15). The van der Waals surface area contributed by atoms with E-state index in [4.69, 9.17) is 0 Å². The van der Waals surface area contributed by atoms with E-state index in [9.17, 15) is 4.39 Å². The zero-order valence-corrected chi connectivity index (χ0v) is 8.96. The van der Waals surface area contributed by atoms with Crippen molar-refractivity contribution in [3.05, 3.63) is 18.3 Å². The lowest BCUT2D eigenvalue weighted by atomic mass is 9.94. The fraction of sp³-hybridized carbons (Fsp3) is 0.636. The fourth-order valence-corrected chi connectivity index (χ4v) is 2.29. The first-order valence-electron chi connectivity index (χ1n) is 5.50. The Hall–Kier alpha value is -1.19. The van der Waals surface area contributed by atoms with E-state index in [0.717, 1.165) is 19.3 Å². The molecule has 0 aliphatic heterocycles. The molecule has 1 aliphatic rings. The molecule has 3 nitrogen and oxygen atoms in total. The first-order valence-corrected chi connectivity index (χ1v) is 5.50. The van der Waals surface area contributed by atoms with Crippen molar-refractivity contribution in [1.29, 1.82) is 0 Å². The molecule has 2 rings (SSSR count). The molecule has 0 spiro atoms. The van der Waals surface area contributed by atoms with Gasteiger partial charge in [0.25, 0.3) is 0 Å². The van der Waals surface area contributed by atoms with Gasteiger partial charge in [0.1, 0.15) is 12.1 Å². The zero-order chi connectivity index (χ0) is 10.7. The van der Waals surface area contributed by atoms with Crippen LogP contribution < -0.4 is 5.32 Å². The van der Waals surface area contributed by atoms with Crippen molar-refractivity contribution in [1.82, 2.24) is 9.97 Å². The Labute approximate surface area is 89.1 Å². The maximum absolute atomic E-state index is 12.9. The highest BCUT2D eigenvalue weighted by atomic mass is 19.1. The highest BCUT2D eigenvalue weighted by Gasteiger charge is 2.31. The second-order valence-corrected chi connectivity index (χ2v) is 4.19. The molecule has 0 amide bonds. The van der Waals surface area contributed by atoms with Gasteiger partial charge in [0.2, 0.25) is 5.95 Å². The molecular weight excluding hydrogens is 193 g/mol. The van der Waals surface area contributed by atoms with Crippen LogP contribution in [-0.4, -0.2) is 15.5 Å². The van der Waals surface area contributed by atoms with Gasteiger partial charge in [-0.05, 0) is 19.3 Å². The van der Waals surface area contributed by atoms with Crippen LogP contribution in [0.3, 0.4) is 0 Å². The van der Waals surface area contributed by atoms with Crippen LogP contribution in [0.1, 0.15) is 39.0 Å². The maximum atomic E-state index is 12.9. The lowest BCUT2D eigenvalue weighted by Gasteiger charge is -2.29. The summed E-state index contributed by atoms with van der Waals surface area (Å²) >= 11 is 0. The summed E-state index contributed by atoms with van der Waals surface area (Å²) in [7, 11) is 0. The van der Waals surface area contributed by atoms with E-state index in [1.165, 1.54) is 25.2 Å². The molecule has 4 heteroatoms. The molecule has 0 saturated heterocycles. The smallest absolute Gasteiger partial charge is 0.217 e. The second-order valence-electron chi connectivity index (χ2n) is 4.19. The van der Waals surface area contributed by atoms with Crippen LogP contribution in [0.4, 0.5) is 10.2 Å². The third-order valence-corrected chi connectivity index (χ3v) is 3.26.